The lowest BCUT2D eigenvalue weighted by Gasteiger charge is -2.44. The van der Waals surface area contributed by atoms with Gasteiger partial charge in [0.2, 0.25) is 0 Å². The predicted octanol–water partition coefficient (Wildman–Crippen LogP) is 5.52. The molecule has 1 amide bonds. The third kappa shape index (κ3) is 5.83. The number of amides is 1. The first-order chi connectivity index (χ1) is 19.8. The molecule has 12 heteroatoms. The molecule has 0 bridgehead atoms. The summed E-state index contributed by atoms with van der Waals surface area (Å²) in [6, 6.07) is 13.3. The van der Waals surface area contributed by atoms with Gasteiger partial charge in [0.05, 0.1) is 23.0 Å². The van der Waals surface area contributed by atoms with E-state index >= 15 is 0 Å². The summed E-state index contributed by atoms with van der Waals surface area (Å²) in [5.74, 6) is -1.22. The van der Waals surface area contributed by atoms with Crippen molar-refractivity contribution in [3.05, 3.63) is 77.1 Å². The van der Waals surface area contributed by atoms with E-state index in [9.17, 15) is 22.8 Å². The lowest BCUT2D eigenvalue weighted by atomic mass is 9.81. The number of aromatic amines is 1. The van der Waals surface area contributed by atoms with Crippen molar-refractivity contribution in [2.45, 2.75) is 44.9 Å². The van der Waals surface area contributed by atoms with E-state index in [1.54, 1.807) is 12.4 Å². The van der Waals surface area contributed by atoms with Crippen LogP contribution < -0.4 is 4.74 Å². The minimum absolute atomic E-state index is 0.0178. The largest absolute Gasteiger partial charge is 0.490 e. The molecule has 42 heavy (non-hydrogen) atoms. The van der Waals surface area contributed by atoms with E-state index in [1.165, 1.54) is 0 Å². The zero-order valence-electron chi connectivity index (χ0n) is 22.8. The molecule has 0 radical (unpaired) electrons. The highest BCUT2D eigenvalue weighted by atomic mass is 19.4. The third-order valence-electron chi connectivity index (χ3n) is 7.59. The monoisotopic (exact) mass is 580 g/mol. The Hall–Kier alpha value is -4.74. The molecule has 4 aromatic rings. The summed E-state index contributed by atoms with van der Waals surface area (Å²) in [5.41, 5.74) is 5.55. The minimum atomic E-state index is -5.08. The van der Waals surface area contributed by atoms with Crippen molar-refractivity contribution in [1.82, 2.24) is 19.9 Å². The minimum Gasteiger partial charge on any atom is -0.486 e. The van der Waals surface area contributed by atoms with E-state index in [0.29, 0.717) is 49.2 Å². The van der Waals surface area contributed by atoms with E-state index < -0.39 is 17.7 Å². The van der Waals surface area contributed by atoms with Gasteiger partial charge in [-0.25, -0.2) is 9.78 Å². The number of aryl methyl sites for hydroxylation is 2. The first kappa shape index (κ1) is 28.8. The van der Waals surface area contributed by atoms with Gasteiger partial charge in [-0.05, 0) is 67.4 Å². The maximum absolute atomic E-state index is 13.3. The number of alkyl halides is 3. The molecule has 4 heterocycles. The van der Waals surface area contributed by atoms with E-state index in [-0.39, 0.29) is 11.7 Å². The van der Waals surface area contributed by atoms with Crippen LogP contribution in [0.25, 0.3) is 22.4 Å². The number of hydrogen-bond acceptors (Lipinski definition) is 6. The summed E-state index contributed by atoms with van der Waals surface area (Å²) in [6.07, 6.45) is 0.00305. The summed E-state index contributed by atoms with van der Waals surface area (Å²) in [4.78, 5) is 49.0. The number of fused-ring (bicyclic) bond motifs is 2. The number of H-pyrrole nitrogens is 1. The topological polar surface area (TPSA) is 125 Å². The Bertz CT molecular complexity index is 1680. The van der Waals surface area contributed by atoms with Crippen LogP contribution in [0.1, 0.15) is 51.1 Å². The van der Waals surface area contributed by atoms with Gasteiger partial charge in [-0.2, -0.15) is 13.2 Å². The quantitative estimate of drug-likeness (QED) is 0.320. The van der Waals surface area contributed by atoms with Gasteiger partial charge in [0, 0.05) is 49.5 Å². The first-order valence-corrected chi connectivity index (χ1v) is 13.2. The lowest BCUT2D eigenvalue weighted by molar-refractivity contribution is -0.192. The number of rotatable bonds is 2. The van der Waals surface area contributed by atoms with Crippen LogP contribution in [0.5, 0.6) is 5.75 Å². The van der Waals surface area contributed by atoms with Crippen molar-refractivity contribution in [2.24, 2.45) is 0 Å². The second-order valence-electron chi connectivity index (χ2n) is 10.5. The number of Topliss-reactive ketones (excluding diaryl/α,β-unsaturated/α-hetero) is 1. The number of ketones is 1. The van der Waals surface area contributed by atoms with Crippen LogP contribution in [-0.2, 0) is 4.79 Å². The van der Waals surface area contributed by atoms with E-state index in [1.807, 2.05) is 61.2 Å². The van der Waals surface area contributed by atoms with E-state index in [4.69, 9.17) is 14.6 Å². The van der Waals surface area contributed by atoms with Gasteiger partial charge in [0.15, 0.2) is 5.78 Å². The average molecular weight is 581 g/mol. The number of likely N-dealkylation sites (tertiary alicyclic amines) is 1. The summed E-state index contributed by atoms with van der Waals surface area (Å²) in [7, 11) is 0. The fourth-order valence-electron chi connectivity index (χ4n) is 5.12. The highest BCUT2D eigenvalue weighted by molar-refractivity contribution is 6.01. The zero-order valence-corrected chi connectivity index (χ0v) is 22.8. The Morgan fingerprint density at radius 3 is 2.31 bits per heavy atom. The molecule has 2 aliphatic heterocycles. The Morgan fingerprint density at radius 2 is 1.67 bits per heavy atom. The van der Waals surface area contributed by atoms with Crippen molar-refractivity contribution in [2.75, 3.05) is 13.1 Å². The number of carbonyl (C=O) groups is 3. The molecular weight excluding hydrogens is 553 g/mol. The molecule has 2 aliphatic rings. The van der Waals surface area contributed by atoms with Crippen LogP contribution in [0, 0.1) is 13.8 Å². The molecule has 0 aliphatic carbocycles. The smallest absolute Gasteiger partial charge is 0.486 e. The van der Waals surface area contributed by atoms with Gasteiger partial charge in [0.1, 0.15) is 17.2 Å². The SMILES string of the molecule is Cc1cc2c(cc1C)C(=O)CC1(CCN(C(=O)c3ccc4nc(-c5ccncc5)[nH]c4c3)CC1)O2.O=C(O)C(F)(F)F. The third-order valence-corrected chi connectivity index (χ3v) is 7.59. The van der Waals surface area contributed by atoms with Gasteiger partial charge in [0.25, 0.3) is 5.91 Å². The Kier molecular flexibility index (Phi) is 7.48. The first-order valence-electron chi connectivity index (χ1n) is 13.2. The molecule has 218 valence electrons. The number of imidazole rings is 1. The summed E-state index contributed by atoms with van der Waals surface area (Å²) in [6.45, 7) is 5.14. The predicted molar refractivity (Wildman–Crippen MR) is 146 cm³/mol. The Morgan fingerprint density at radius 1 is 1.02 bits per heavy atom. The molecule has 2 aromatic carbocycles. The summed E-state index contributed by atoms with van der Waals surface area (Å²) in [5, 5.41) is 7.12. The van der Waals surface area contributed by atoms with Gasteiger partial charge >= 0.3 is 12.1 Å². The van der Waals surface area contributed by atoms with Crippen LogP contribution in [0.4, 0.5) is 13.2 Å². The number of nitrogens with zero attached hydrogens (tertiary/aromatic N) is 3. The number of piperidine rings is 1. The van der Waals surface area contributed by atoms with Gasteiger partial charge < -0.3 is 19.7 Å². The summed E-state index contributed by atoms with van der Waals surface area (Å²) >= 11 is 0. The van der Waals surface area contributed by atoms with Crippen molar-refractivity contribution < 1.29 is 37.4 Å². The molecule has 0 atom stereocenters. The number of aliphatic carboxylic acids is 1. The number of halogens is 3. The van der Waals surface area contributed by atoms with Gasteiger partial charge in [-0.3, -0.25) is 14.6 Å². The number of carboxylic acid groups (broad SMARTS) is 1. The fraction of sp³-hybridized carbons (Fsp3) is 0.300. The number of aromatic nitrogens is 3. The van der Waals surface area contributed by atoms with Gasteiger partial charge in [-0.1, -0.05) is 0 Å². The standard InChI is InChI=1S/C28H26N4O3.C2HF3O2/c1-17-13-21-24(33)16-28(35-25(21)14-18(17)2)7-11-32(12-8-28)27(34)20-3-4-22-23(15-20)31-26(30-22)19-5-9-29-10-6-19;3-2(4,5)1(6)7/h3-6,9-10,13-15H,7-8,11-12,16H2,1-2H3,(H,30,31);(H,6,7). The van der Waals surface area contributed by atoms with Crippen molar-refractivity contribution >= 4 is 28.7 Å². The number of ether oxygens (including phenoxy) is 1. The van der Waals surface area contributed by atoms with E-state index in [2.05, 4.69) is 15.0 Å². The molecule has 9 nitrogen and oxygen atoms in total. The van der Waals surface area contributed by atoms with Crippen LogP contribution in [-0.4, -0.2) is 67.5 Å². The number of hydrogen-bond donors (Lipinski definition) is 2. The lowest BCUT2D eigenvalue weighted by Crippen LogP contribution is -2.52. The van der Waals surface area contributed by atoms with Crippen LogP contribution in [0.15, 0.2) is 54.9 Å². The molecule has 2 N–H and O–H groups in total. The Labute approximate surface area is 238 Å². The van der Waals surface area contributed by atoms with Crippen LogP contribution in [0.3, 0.4) is 0 Å². The zero-order chi connectivity index (χ0) is 30.2. The van der Waals surface area contributed by atoms with Crippen LogP contribution in [0.2, 0.25) is 0 Å². The Balaban J connectivity index is 0.000000451. The molecule has 2 aromatic heterocycles. The fourth-order valence-corrected chi connectivity index (χ4v) is 5.12. The van der Waals surface area contributed by atoms with E-state index in [0.717, 1.165) is 33.5 Å². The normalized spacial score (nSPS) is 15.9. The molecular formula is C30H27F3N4O5. The highest BCUT2D eigenvalue weighted by Crippen LogP contribution is 2.40. The number of carboxylic acids is 1. The second kappa shape index (κ2) is 10.9. The van der Waals surface area contributed by atoms with Crippen molar-refractivity contribution in [3.63, 3.8) is 0 Å². The molecule has 6 rings (SSSR count). The number of carbonyl (C=O) groups excluding carboxylic acids is 2. The van der Waals surface area contributed by atoms with Crippen molar-refractivity contribution in [1.29, 1.82) is 0 Å². The number of pyridine rings is 1. The molecule has 1 spiro atoms. The molecule has 1 fully saturated rings. The number of benzene rings is 2. The molecule has 0 unspecified atom stereocenters. The molecule has 1 saturated heterocycles. The van der Waals surface area contributed by atoms with Crippen molar-refractivity contribution in [3.8, 4) is 17.1 Å². The van der Waals surface area contributed by atoms with Crippen LogP contribution >= 0.6 is 0 Å². The summed E-state index contributed by atoms with van der Waals surface area (Å²) < 4.78 is 38.2. The average Bonchev–Trinajstić information content (AvgIpc) is 3.38. The van der Waals surface area contributed by atoms with Gasteiger partial charge in [-0.15, -0.1) is 0 Å². The molecule has 0 saturated carbocycles. The maximum atomic E-state index is 13.3. The second-order valence-corrected chi connectivity index (χ2v) is 10.5. The highest BCUT2D eigenvalue weighted by Gasteiger charge is 2.44. The maximum Gasteiger partial charge on any atom is 0.490 e. The number of nitrogens with one attached hydrogen (secondary N) is 1.